The Hall–Kier alpha value is -2.96. The average Bonchev–Trinajstić information content (AvgIpc) is 2.76. The van der Waals surface area contributed by atoms with Crippen LogP contribution in [-0.4, -0.2) is 64.3 Å². The quantitative estimate of drug-likeness (QED) is 0.729. The highest BCUT2D eigenvalue weighted by atomic mass is 16.2. The largest absolute Gasteiger partial charge is 0.370 e. The molecule has 0 saturated carbocycles. The fourth-order valence-corrected chi connectivity index (χ4v) is 3.34. The van der Waals surface area contributed by atoms with E-state index in [1.807, 2.05) is 30.3 Å². The summed E-state index contributed by atoms with van der Waals surface area (Å²) in [5.74, 6) is 1.13. The van der Waals surface area contributed by atoms with Crippen molar-refractivity contribution in [2.75, 3.05) is 38.0 Å². The number of amides is 2. The van der Waals surface area contributed by atoms with E-state index in [0.717, 1.165) is 31.4 Å². The van der Waals surface area contributed by atoms with Crippen LogP contribution in [0.15, 0.2) is 36.4 Å². The van der Waals surface area contributed by atoms with E-state index in [2.05, 4.69) is 22.2 Å². The fourth-order valence-electron chi connectivity index (χ4n) is 3.34. The lowest BCUT2D eigenvalue weighted by atomic mass is 10.2. The Morgan fingerprint density at radius 1 is 1.00 bits per heavy atom. The first-order valence-electron chi connectivity index (χ1n) is 10.3. The van der Waals surface area contributed by atoms with Crippen molar-refractivity contribution in [1.82, 2.24) is 19.8 Å². The number of rotatable bonds is 7. The van der Waals surface area contributed by atoms with E-state index >= 15 is 0 Å². The highest BCUT2D eigenvalue weighted by Crippen LogP contribution is 2.19. The summed E-state index contributed by atoms with van der Waals surface area (Å²) >= 11 is 0. The van der Waals surface area contributed by atoms with Crippen molar-refractivity contribution in [3.63, 3.8) is 0 Å². The molecule has 0 bridgehead atoms. The molecular formula is C22H29N5O2. The van der Waals surface area contributed by atoms with Gasteiger partial charge in [0.25, 0.3) is 5.91 Å². The normalized spacial score (nSPS) is 14.0. The molecule has 7 heteroatoms. The van der Waals surface area contributed by atoms with Crippen molar-refractivity contribution in [1.29, 1.82) is 0 Å². The summed E-state index contributed by atoms with van der Waals surface area (Å²) in [4.78, 5) is 37.3. The van der Waals surface area contributed by atoms with Crippen LogP contribution >= 0.6 is 0 Å². The number of aromatic nitrogens is 2. The van der Waals surface area contributed by atoms with E-state index in [1.54, 1.807) is 22.8 Å². The van der Waals surface area contributed by atoms with Crippen LogP contribution in [0.25, 0.3) is 11.4 Å². The highest BCUT2D eigenvalue weighted by Gasteiger charge is 2.25. The number of hydrogen-bond donors (Lipinski definition) is 1. The number of nitrogens with one attached hydrogen (secondary N) is 1. The molecule has 0 unspecified atom stereocenters. The van der Waals surface area contributed by atoms with E-state index in [9.17, 15) is 9.59 Å². The molecule has 7 nitrogen and oxygen atoms in total. The van der Waals surface area contributed by atoms with Crippen LogP contribution in [-0.2, 0) is 4.79 Å². The minimum absolute atomic E-state index is 0.0454. The third-order valence-electron chi connectivity index (χ3n) is 5.08. The van der Waals surface area contributed by atoms with Crippen molar-refractivity contribution in [3.8, 4) is 11.4 Å². The van der Waals surface area contributed by atoms with Gasteiger partial charge in [-0.3, -0.25) is 9.59 Å². The number of unbranched alkanes of at least 4 members (excludes halogenated alkanes) is 2. The van der Waals surface area contributed by atoms with Gasteiger partial charge in [0.05, 0.1) is 0 Å². The second-order valence-electron chi connectivity index (χ2n) is 7.26. The van der Waals surface area contributed by atoms with Crippen molar-refractivity contribution in [3.05, 3.63) is 42.1 Å². The Bertz CT molecular complexity index is 832. The molecule has 0 radical (unpaired) electrons. The Balaban J connectivity index is 1.80. The smallest absolute Gasteiger partial charge is 0.272 e. The highest BCUT2D eigenvalue weighted by molar-refractivity contribution is 5.93. The molecule has 2 heterocycles. The summed E-state index contributed by atoms with van der Waals surface area (Å²) in [5, 5.41) is 3.34. The zero-order chi connectivity index (χ0) is 20.6. The standard InChI is InChI=1S/C22H29N5O2/c1-3-4-8-11-23-20-16-19(24-21(25-20)18-9-6-5-7-10-18)22(29)27-14-12-26(13-15-27)17(2)28/h5-7,9-10,16H,3-4,8,11-15H2,1-2H3,(H,23,24,25). The maximum Gasteiger partial charge on any atom is 0.272 e. The van der Waals surface area contributed by atoms with Crippen LogP contribution in [0.1, 0.15) is 43.6 Å². The van der Waals surface area contributed by atoms with Gasteiger partial charge in [0, 0.05) is 51.3 Å². The zero-order valence-corrected chi connectivity index (χ0v) is 17.2. The SMILES string of the molecule is CCCCCNc1cc(C(=O)N2CCN(C(C)=O)CC2)nc(-c2ccccc2)n1. The molecule has 1 N–H and O–H groups in total. The molecule has 1 aromatic carbocycles. The second-order valence-corrected chi connectivity index (χ2v) is 7.26. The molecule has 154 valence electrons. The molecule has 29 heavy (non-hydrogen) atoms. The van der Waals surface area contributed by atoms with Gasteiger partial charge in [-0.05, 0) is 6.42 Å². The van der Waals surface area contributed by atoms with Crippen LogP contribution < -0.4 is 5.32 Å². The lowest BCUT2D eigenvalue weighted by Crippen LogP contribution is -2.50. The second kappa shape index (κ2) is 10.0. The molecule has 2 aromatic rings. The van der Waals surface area contributed by atoms with Crippen molar-refractivity contribution in [2.45, 2.75) is 33.1 Å². The van der Waals surface area contributed by atoms with Gasteiger partial charge in [0.1, 0.15) is 11.5 Å². The monoisotopic (exact) mass is 395 g/mol. The lowest BCUT2D eigenvalue weighted by Gasteiger charge is -2.34. The van der Waals surface area contributed by atoms with Crippen molar-refractivity contribution < 1.29 is 9.59 Å². The number of carbonyl (C=O) groups is 2. The van der Waals surface area contributed by atoms with Crippen LogP contribution in [0, 0.1) is 0 Å². The van der Waals surface area contributed by atoms with E-state index in [4.69, 9.17) is 0 Å². The molecule has 1 saturated heterocycles. The molecule has 1 aromatic heterocycles. The summed E-state index contributed by atoms with van der Waals surface area (Å²) < 4.78 is 0. The first kappa shape index (κ1) is 20.8. The maximum atomic E-state index is 13.1. The Kier molecular flexibility index (Phi) is 7.16. The van der Waals surface area contributed by atoms with Gasteiger partial charge in [-0.2, -0.15) is 0 Å². The molecule has 0 spiro atoms. The Labute approximate surface area is 172 Å². The van der Waals surface area contributed by atoms with E-state index in [0.29, 0.717) is 43.5 Å². The van der Waals surface area contributed by atoms with Gasteiger partial charge in [0.2, 0.25) is 5.91 Å². The van der Waals surface area contributed by atoms with Gasteiger partial charge in [0.15, 0.2) is 5.82 Å². The van der Waals surface area contributed by atoms with Gasteiger partial charge in [-0.15, -0.1) is 0 Å². The average molecular weight is 396 g/mol. The summed E-state index contributed by atoms with van der Waals surface area (Å²) in [7, 11) is 0. The van der Waals surface area contributed by atoms with E-state index in [-0.39, 0.29) is 11.8 Å². The molecule has 3 rings (SSSR count). The number of nitrogens with zero attached hydrogens (tertiary/aromatic N) is 4. The molecule has 2 amide bonds. The van der Waals surface area contributed by atoms with Crippen molar-refractivity contribution >= 4 is 17.6 Å². The predicted octanol–water partition coefficient (Wildman–Crippen LogP) is 3.05. The van der Waals surface area contributed by atoms with Crippen LogP contribution in [0.3, 0.4) is 0 Å². The fraction of sp³-hybridized carbons (Fsp3) is 0.455. The van der Waals surface area contributed by atoms with Crippen molar-refractivity contribution in [2.24, 2.45) is 0 Å². The summed E-state index contributed by atoms with van der Waals surface area (Å²) in [5.41, 5.74) is 1.26. The Morgan fingerprint density at radius 3 is 2.34 bits per heavy atom. The van der Waals surface area contributed by atoms with Crippen LogP contribution in [0.5, 0.6) is 0 Å². The summed E-state index contributed by atoms with van der Waals surface area (Å²) in [6.07, 6.45) is 3.35. The third-order valence-corrected chi connectivity index (χ3v) is 5.08. The molecule has 0 aliphatic carbocycles. The Morgan fingerprint density at radius 2 is 1.69 bits per heavy atom. The van der Waals surface area contributed by atoms with E-state index in [1.165, 1.54) is 0 Å². The molecule has 1 fully saturated rings. The molecule has 1 aliphatic rings. The van der Waals surface area contributed by atoms with Gasteiger partial charge < -0.3 is 15.1 Å². The summed E-state index contributed by atoms with van der Waals surface area (Å²) in [6, 6.07) is 11.4. The number of anilines is 1. The molecule has 1 aliphatic heterocycles. The van der Waals surface area contributed by atoms with Gasteiger partial charge in [-0.1, -0.05) is 50.1 Å². The predicted molar refractivity (Wildman–Crippen MR) is 114 cm³/mol. The number of benzene rings is 1. The van der Waals surface area contributed by atoms with Crippen LogP contribution in [0.4, 0.5) is 5.82 Å². The van der Waals surface area contributed by atoms with E-state index < -0.39 is 0 Å². The number of carbonyl (C=O) groups excluding carboxylic acids is 2. The molecule has 0 atom stereocenters. The number of hydrogen-bond acceptors (Lipinski definition) is 5. The third kappa shape index (κ3) is 5.53. The minimum atomic E-state index is -0.121. The van der Waals surface area contributed by atoms with Gasteiger partial charge >= 0.3 is 0 Å². The lowest BCUT2D eigenvalue weighted by molar-refractivity contribution is -0.130. The first-order valence-corrected chi connectivity index (χ1v) is 10.3. The minimum Gasteiger partial charge on any atom is -0.370 e. The molecular weight excluding hydrogens is 366 g/mol. The van der Waals surface area contributed by atoms with Crippen LogP contribution in [0.2, 0.25) is 0 Å². The first-order chi connectivity index (χ1) is 14.1. The summed E-state index contributed by atoms with van der Waals surface area (Å²) in [6.45, 7) is 6.68. The van der Waals surface area contributed by atoms with Gasteiger partial charge in [-0.25, -0.2) is 9.97 Å². The topological polar surface area (TPSA) is 78.4 Å². The number of piperazine rings is 1. The maximum absolute atomic E-state index is 13.1. The zero-order valence-electron chi connectivity index (χ0n) is 17.2.